The summed E-state index contributed by atoms with van der Waals surface area (Å²) in [5, 5.41) is 0. The summed E-state index contributed by atoms with van der Waals surface area (Å²) in [6.45, 7) is 2.62. The molecule has 1 unspecified atom stereocenters. The van der Waals surface area contributed by atoms with Crippen LogP contribution in [0.25, 0.3) is 0 Å². The predicted molar refractivity (Wildman–Crippen MR) is 94.9 cm³/mol. The highest BCUT2D eigenvalue weighted by Gasteiger charge is 2.11. The van der Waals surface area contributed by atoms with E-state index in [1.54, 1.807) is 6.26 Å². The smallest absolute Gasteiger partial charge is 0.191 e. The third-order valence-electron chi connectivity index (χ3n) is 3.36. The lowest BCUT2D eigenvalue weighted by Crippen LogP contribution is -2.40. The largest absolute Gasteiger partial charge is 0.370 e. The molecule has 1 atom stereocenters. The Hall–Kier alpha value is -0.630. The topological polar surface area (TPSA) is 58.7 Å². The molecule has 0 amide bonds. The first-order chi connectivity index (χ1) is 9.16. The predicted octanol–water partition coefficient (Wildman–Crippen LogP) is 2.34. The molecule has 1 aliphatic rings. The SMILES string of the molecule is CS(=O)c1ccc(CN=C(N)N2CCCCC2)cc1.I. The molecular weight excluding hydrogens is 385 g/mol. The Labute approximate surface area is 140 Å². The average molecular weight is 407 g/mol. The van der Waals surface area contributed by atoms with Crippen LogP contribution in [-0.4, -0.2) is 34.4 Å². The Morgan fingerprint density at radius 1 is 1.25 bits per heavy atom. The fraction of sp³-hybridized carbons (Fsp3) is 0.500. The first-order valence-corrected chi connectivity index (χ1v) is 8.20. The van der Waals surface area contributed by atoms with Gasteiger partial charge in [-0.2, -0.15) is 0 Å². The molecule has 1 fully saturated rings. The van der Waals surface area contributed by atoms with E-state index in [4.69, 9.17) is 5.73 Å². The number of nitrogens with zero attached hydrogens (tertiary/aromatic N) is 2. The van der Waals surface area contributed by atoms with E-state index in [9.17, 15) is 4.21 Å². The summed E-state index contributed by atoms with van der Waals surface area (Å²) >= 11 is 0. The maximum Gasteiger partial charge on any atom is 0.191 e. The molecule has 0 bridgehead atoms. The zero-order valence-electron chi connectivity index (χ0n) is 11.7. The van der Waals surface area contributed by atoms with Crippen molar-refractivity contribution >= 4 is 40.7 Å². The standard InChI is InChI=1S/C14H21N3OS.HI/c1-19(18)13-7-5-12(6-8-13)11-16-14(15)17-9-3-2-4-10-17;/h5-8H,2-4,9-11H2,1H3,(H2,15,16);1H. The maximum absolute atomic E-state index is 11.3. The molecule has 112 valence electrons. The maximum atomic E-state index is 11.3. The van der Waals surface area contributed by atoms with Gasteiger partial charge in [0.05, 0.1) is 6.54 Å². The lowest BCUT2D eigenvalue weighted by molar-refractivity contribution is 0.338. The van der Waals surface area contributed by atoms with Crippen molar-refractivity contribution in [3.8, 4) is 0 Å². The van der Waals surface area contributed by atoms with E-state index < -0.39 is 10.8 Å². The molecule has 0 saturated carbocycles. The normalized spacial score (nSPS) is 17.4. The van der Waals surface area contributed by atoms with Crippen LogP contribution in [-0.2, 0) is 17.3 Å². The molecule has 1 heterocycles. The Balaban J connectivity index is 0.00000200. The van der Waals surface area contributed by atoms with E-state index >= 15 is 0 Å². The monoisotopic (exact) mass is 407 g/mol. The molecule has 1 aromatic rings. The first kappa shape index (κ1) is 17.4. The zero-order chi connectivity index (χ0) is 13.7. The van der Waals surface area contributed by atoms with Crippen molar-refractivity contribution in [2.45, 2.75) is 30.7 Å². The summed E-state index contributed by atoms with van der Waals surface area (Å²) in [4.78, 5) is 7.43. The molecule has 0 radical (unpaired) electrons. The quantitative estimate of drug-likeness (QED) is 0.476. The Kier molecular flexibility index (Phi) is 7.50. The number of halogens is 1. The number of rotatable bonds is 3. The molecule has 2 rings (SSSR count). The summed E-state index contributed by atoms with van der Waals surface area (Å²) in [7, 11) is -0.923. The minimum atomic E-state index is -0.923. The fourth-order valence-corrected chi connectivity index (χ4v) is 2.70. The van der Waals surface area contributed by atoms with Gasteiger partial charge in [-0.15, -0.1) is 24.0 Å². The Morgan fingerprint density at radius 3 is 2.40 bits per heavy atom. The number of hydrogen-bond donors (Lipinski definition) is 1. The molecule has 1 aromatic carbocycles. The van der Waals surface area contributed by atoms with Crippen LogP contribution in [0.5, 0.6) is 0 Å². The van der Waals surface area contributed by atoms with E-state index in [-0.39, 0.29) is 24.0 Å². The van der Waals surface area contributed by atoms with Crippen molar-refractivity contribution in [1.82, 2.24) is 4.90 Å². The van der Waals surface area contributed by atoms with Crippen molar-refractivity contribution in [2.24, 2.45) is 10.7 Å². The van der Waals surface area contributed by atoms with Crippen molar-refractivity contribution in [3.63, 3.8) is 0 Å². The van der Waals surface area contributed by atoms with Crippen LogP contribution in [0, 0.1) is 0 Å². The molecule has 0 aromatic heterocycles. The van der Waals surface area contributed by atoms with E-state index in [0.717, 1.165) is 23.5 Å². The number of likely N-dealkylation sites (tertiary alicyclic amines) is 1. The van der Waals surface area contributed by atoms with Gasteiger partial charge in [0, 0.05) is 35.0 Å². The van der Waals surface area contributed by atoms with Gasteiger partial charge >= 0.3 is 0 Å². The number of guanidine groups is 1. The van der Waals surface area contributed by atoms with E-state index in [1.165, 1.54) is 19.3 Å². The fourth-order valence-electron chi connectivity index (χ4n) is 2.18. The zero-order valence-corrected chi connectivity index (χ0v) is 14.9. The van der Waals surface area contributed by atoms with Crippen LogP contribution < -0.4 is 5.73 Å². The molecule has 0 spiro atoms. The second kappa shape index (κ2) is 8.61. The number of aliphatic imine (C=N–C) groups is 1. The number of piperidine rings is 1. The van der Waals surface area contributed by atoms with E-state index in [2.05, 4.69) is 9.89 Å². The highest BCUT2D eigenvalue weighted by atomic mass is 127. The number of benzene rings is 1. The molecule has 6 heteroatoms. The van der Waals surface area contributed by atoms with Gasteiger partial charge in [0.15, 0.2) is 5.96 Å². The van der Waals surface area contributed by atoms with Gasteiger partial charge < -0.3 is 10.6 Å². The molecule has 1 saturated heterocycles. The molecule has 1 aliphatic heterocycles. The van der Waals surface area contributed by atoms with Gasteiger partial charge in [-0.3, -0.25) is 4.21 Å². The number of hydrogen-bond acceptors (Lipinski definition) is 2. The van der Waals surface area contributed by atoms with Crippen LogP contribution in [0.1, 0.15) is 24.8 Å². The van der Waals surface area contributed by atoms with Crippen molar-refractivity contribution in [3.05, 3.63) is 29.8 Å². The van der Waals surface area contributed by atoms with Gasteiger partial charge in [0.1, 0.15) is 0 Å². The minimum Gasteiger partial charge on any atom is -0.370 e. The third kappa shape index (κ3) is 5.05. The van der Waals surface area contributed by atoms with Gasteiger partial charge in [-0.1, -0.05) is 12.1 Å². The molecule has 20 heavy (non-hydrogen) atoms. The Morgan fingerprint density at radius 2 is 1.85 bits per heavy atom. The summed E-state index contributed by atoms with van der Waals surface area (Å²) in [5.41, 5.74) is 7.09. The Bertz CT molecular complexity index is 470. The first-order valence-electron chi connectivity index (χ1n) is 6.64. The third-order valence-corrected chi connectivity index (χ3v) is 4.29. The highest BCUT2D eigenvalue weighted by molar-refractivity contribution is 14.0. The van der Waals surface area contributed by atoms with E-state index in [1.807, 2.05) is 24.3 Å². The molecular formula is C14H22IN3OS. The van der Waals surface area contributed by atoms with E-state index in [0.29, 0.717) is 12.5 Å². The average Bonchev–Trinajstić information content (AvgIpc) is 2.46. The molecule has 4 nitrogen and oxygen atoms in total. The van der Waals surface area contributed by atoms with Crippen LogP contribution in [0.3, 0.4) is 0 Å². The van der Waals surface area contributed by atoms with Gasteiger partial charge in [0.2, 0.25) is 0 Å². The molecule has 2 N–H and O–H groups in total. The second-order valence-corrected chi connectivity index (χ2v) is 6.20. The van der Waals surface area contributed by atoms with Gasteiger partial charge in [0.25, 0.3) is 0 Å². The minimum absolute atomic E-state index is 0. The van der Waals surface area contributed by atoms with Crippen LogP contribution in [0.4, 0.5) is 0 Å². The summed E-state index contributed by atoms with van der Waals surface area (Å²) in [6, 6.07) is 7.70. The van der Waals surface area contributed by atoms with Crippen LogP contribution in [0.15, 0.2) is 34.2 Å². The summed E-state index contributed by atoms with van der Waals surface area (Å²) in [5.74, 6) is 0.642. The summed E-state index contributed by atoms with van der Waals surface area (Å²) < 4.78 is 11.3. The van der Waals surface area contributed by atoms with Crippen molar-refractivity contribution in [1.29, 1.82) is 0 Å². The van der Waals surface area contributed by atoms with Crippen LogP contribution in [0.2, 0.25) is 0 Å². The van der Waals surface area contributed by atoms with Crippen molar-refractivity contribution in [2.75, 3.05) is 19.3 Å². The van der Waals surface area contributed by atoms with Crippen molar-refractivity contribution < 1.29 is 4.21 Å². The summed E-state index contributed by atoms with van der Waals surface area (Å²) in [6.07, 6.45) is 5.38. The van der Waals surface area contributed by atoms with Crippen LogP contribution >= 0.6 is 24.0 Å². The van der Waals surface area contributed by atoms with Gasteiger partial charge in [-0.25, -0.2) is 4.99 Å². The molecule has 0 aliphatic carbocycles. The lowest BCUT2D eigenvalue weighted by atomic mass is 10.1. The highest BCUT2D eigenvalue weighted by Crippen LogP contribution is 2.10. The lowest BCUT2D eigenvalue weighted by Gasteiger charge is -2.27. The number of nitrogens with two attached hydrogens (primary N) is 1. The second-order valence-electron chi connectivity index (χ2n) is 4.82. The van der Waals surface area contributed by atoms with Gasteiger partial charge in [-0.05, 0) is 37.0 Å².